The smallest absolute Gasteiger partial charge is 0.349 e. The topological polar surface area (TPSA) is 98.9 Å². The lowest BCUT2D eigenvalue weighted by atomic mass is 9.88. The average Bonchev–Trinajstić information content (AvgIpc) is 3.06. The van der Waals surface area contributed by atoms with E-state index in [9.17, 15) is 14.7 Å². The number of halogens is 3. The van der Waals surface area contributed by atoms with Crippen LogP contribution >= 0.6 is 23.2 Å². The number of aryl methyl sites for hydroxylation is 2. The van der Waals surface area contributed by atoms with E-state index in [1.165, 1.54) is 5.56 Å². The van der Waals surface area contributed by atoms with Crippen LogP contribution in [0.1, 0.15) is 29.5 Å². The molecule has 2 saturated carbocycles. The monoisotopic (exact) mass is 493 g/mol. The first-order valence-corrected chi connectivity index (χ1v) is 11.5. The van der Waals surface area contributed by atoms with Crippen LogP contribution in [0.4, 0.5) is 4.39 Å². The number of nitrogens with two attached hydrogens (primary N) is 1. The van der Waals surface area contributed by atoms with Gasteiger partial charge in [-0.25, -0.2) is 9.18 Å². The van der Waals surface area contributed by atoms with Crippen LogP contribution in [0.5, 0.6) is 5.75 Å². The van der Waals surface area contributed by atoms with Gasteiger partial charge in [0.1, 0.15) is 11.3 Å². The molecule has 2 aromatic rings. The number of esters is 1. The zero-order chi connectivity index (χ0) is 23.5. The van der Waals surface area contributed by atoms with Crippen molar-refractivity contribution in [2.24, 2.45) is 17.6 Å². The highest BCUT2D eigenvalue weighted by Gasteiger charge is 2.85. The van der Waals surface area contributed by atoms with Gasteiger partial charge in [-0.05, 0) is 66.6 Å². The van der Waals surface area contributed by atoms with E-state index >= 15 is 4.39 Å². The molecule has 2 fully saturated rings. The molecule has 5 rings (SSSR count). The highest BCUT2D eigenvalue weighted by atomic mass is 35.5. The molecule has 0 saturated heterocycles. The molecule has 3 aliphatic carbocycles. The summed E-state index contributed by atoms with van der Waals surface area (Å²) >= 11 is 11.9. The van der Waals surface area contributed by atoms with Gasteiger partial charge in [0.05, 0.1) is 22.8 Å². The number of hydrogen-bond donors (Lipinski definition) is 2. The van der Waals surface area contributed by atoms with E-state index in [-0.39, 0.29) is 18.8 Å². The van der Waals surface area contributed by atoms with Gasteiger partial charge in [0, 0.05) is 11.8 Å². The van der Waals surface area contributed by atoms with Crippen molar-refractivity contribution in [2.45, 2.75) is 49.6 Å². The summed E-state index contributed by atoms with van der Waals surface area (Å²) in [6, 6.07) is 10.2. The number of rotatable bonds is 6. The van der Waals surface area contributed by atoms with Gasteiger partial charge >= 0.3 is 11.9 Å². The van der Waals surface area contributed by atoms with Crippen LogP contribution in [-0.2, 0) is 33.8 Å². The lowest BCUT2D eigenvalue weighted by Crippen LogP contribution is -2.60. The minimum Gasteiger partial charge on any atom is -0.480 e. The highest BCUT2D eigenvalue weighted by molar-refractivity contribution is 6.42. The largest absolute Gasteiger partial charge is 0.480 e. The molecule has 0 unspecified atom stereocenters. The van der Waals surface area contributed by atoms with Crippen molar-refractivity contribution in [1.29, 1.82) is 0 Å². The molecule has 3 N–H and O–H groups in total. The lowest BCUT2D eigenvalue weighted by Gasteiger charge is -2.32. The fraction of sp³-hybridized carbons (Fsp3) is 0.417. The summed E-state index contributed by atoms with van der Waals surface area (Å²) in [5.74, 6) is -4.39. The zero-order valence-corrected chi connectivity index (χ0v) is 19.0. The maximum atomic E-state index is 15.7. The summed E-state index contributed by atoms with van der Waals surface area (Å²) in [6.45, 7) is 0.0199. The standard InChI is InChI=1S/C24H22Cl2FNO5/c25-17-7-4-12(8-18(17)26)11-32-19-10-16-20(24(19,28)21(29)30)23(16,27)22(31)33-15-6-5-13-2-1-3-14(13)9-15/h4-9,16,19-20H,1-3,10-11,28H2,(H,29,30)/t16-,19-,20+,23-,24+/m1/s1. The van der Waals surface area contributed by atoms with E-state index in [1.807, 2.05) is 6.07 Å². The number of carboxylic acid groups (broad SMARTS) is 1. The summed E-state index contributed by atoms with van der Waals surface area (Å²) in [4.78, 5) is 24.9. The molecule has 0 bridgehead atoms. The number of alkyl halides is 1. The Morgan fingerprint density at radius 2 is 1.88 bits per heavy atom. The van der Waals surface area contributed by atoms with Gasteiger partial charge in [-0.3, -0.25) is 4.79 Å². The summed E-state index contributed by atoms with van der Waals surface area (Å²) in [6.07, 6.45) is 1.90. The molecule has 33 heavy (non-hydrogen) atoms. The van der Waals surface area contributed by atoms with Gasteiger partial charge in [0.15, 0.2) is 0 Å². The molecule has 0 aromatic heterocycles. The van der Waals surface area contributed by atoms with Crippen LogP contribution in [0.15, 0.2) is 36.4 Å². The van der Waals surface area contributed by atoms with E-state index in [1.54, 1.807) is 30.3 Å². The molecule has 0 spiro atoms. The van der Waals surface area contributed by atoms with Gasteiger partial charge < -0.3 is 20.3 Å². The number of carbonyl (C=O) groups is 2. The van der Waals surface area contributed by atoms with Crippen LogP contribution in [0, 0.1) is 11.8 Å². The Hall–Kier alpha value is -2.19. The van der Waals surface area contributed by atoms with E-state index in [4.69, 9.17) is 38.4 Å². The van der Waals surface area contributed by atoms with Crippen LogP contribution < -0.4 is 10.5 Å². The maximum Gasteiger partial charge on any atom is 0.349 e. The van der Waals surface area contributed by atoms with Crippen molar-refractivity contribution in [3.05, 3.63) is 63.1 Å². The molecule has 6 nitrogen and oxygen atoms in total. The summed E-state index contributed by atoms with van der Waals surface area (Å²) in [5.41, 5.74) is 4.63. The second-order valence-electron chi connectivity index (χ2n) is 9.05. The molecule has 0 radical (unpaired) electrons. The van der Waals surface area contributed by atoms with Crippen LogP contribution in [0.25, 0.3) is 0 Å². The van der Waals surface area contributed by atoms with Crippen LogP contribution in [-0.4, -0.2) is 34.4 Å². The SMILES string of the molecule is N[C@]1(C(=O)O)[C@H]2[C@@H](C[C@H]1OCc1ccc(Cl)c(Cl)c1)[C@]2(F)C(=O)Oc1ccc2c(c1)CCC2. The van der Waals surface area contributed by atoms with E-state index in [0.29, 0.717) is 15.6 Å². The fourth-order valence-corrected chi connectivity index (χ4v) is 5.74. The van der Waals surface area contributed by atoms with E-state index < -0.39 is 41.1 Å². The molecule has 0 heterocycles. The molecule has 0 aliphatic heterocycles. The maximum absolute atomic E-state index is 15.7. The van der Waals surface area contributed by atoms with Gasteiger partial charge in [-0.1, -0.05) is 35.3 Å². The first-order chi connectivity index (χ1) is 15.7. The first kappa shape index (κ1) is 22.6. The number of hydrogen-bond acceptors (Lipinski definition) is 5. The van der Waals surface area contributed by atoms with Crippen molar-refractivity contribution >= 4 is 35.1 Å². The van der Waals surface area contributed by atoms with Gasteiger partial charge in [-0.2, -0.15) is 0 Å². The Morgan fingerprint density at radius 3 is 2.61 bits per heavy atom. The third-order valence-electron chi connectivity index (χ3n) is 7.20. The molecule has 174 valence electrons. The predicted octanol–water partition coefficient (Wildman–Crippen LogP) is 4.11. The zero-order valence-electron chi connectivity index (χ0n) is 17.5. The normalized spacial score (nSPS) is 31.7. The predicted molar refractivity (Wildman–Crippen MR) is 119 cm³/mol. The minimum absolute atomic E-state index is 0.00935. The lowest BCUT2D eigenvalue weighted by molar-refractivity contribution is -0.155. The molecular weight excluding hydrogens is 472 g/mol. The Labute approximate surface area is 199 Å². The van der Waals surface area contributed by atoms with Crippen molar-refractivity contribution in [2.75, 3.05) is 0 Å². The molecule has 5 atom stereocenters. The molecule has 9 heteroatoms. The van der Waals surface area contributed by atoms with Gasteiger partial charge in [0.2, 0.25) is 5.67 Å². The number of carboxylic acids is 1. The Kier molecular flexibility index (Phi) is 5.44. The third kappa shape index (κ3) is 3.53. The minimum atomic E-state index is -2.46. The fourth-order valence-electron chi connectivity index (χ4n) is 5.42. The van der Waals surface area contributed by atoms with Crippen molar-refractivity contribution < 1.29 is 28.6 Å². The molecular formula is C24H22Cl2FNO5. The van der Waals surface area contributed by atoms with Crippen molar-refractivity contribution in [1.82, 2.24) is 0 Å². The van der Waals surface area contributed by atoms with Crippen LogP contribution in [0.2, 0.25) is 10.0 Å². The van der Waals surface area contributed by atoms with Crippen molar-refractivity contribution in [3.8, 4) is 5.75 Å². The first-order valence-electron chi connectivity index (χ1n) is 10.8. The number of aliphatic carboxylic acids is 1. The Bertz CT molecular complexity index is 1160. The van der Waals surface area contributed by atoms with Gasteiger partial charge in [-0.15, -0.1) is 0 Å². The van der Waals surface area contributed by atoms with E-state index in [0.717, 1.165) is 24.8 Å². The Morgan fingerprint density at radius 1 is 1.12 bits per heavy atom. The third-order valence-corrected chi connectivity index (χ3v) is 7.94. The average molecular weight is 494 g/mol. The summed E-state index contributed by atoms with van der Waals surface area (Å²) in [7, 11) is 0. The second kappa shape index (κ2) is 7.94. The number of carbonyl (C=O) groups excluding carboxylic acids is 1. The number of benzene rings is 2. The number of ether oxygens (including phenoxy) is 2. The second-order valence-corrected chi connectivity index (χ2v) is 9.86. The molecule has 0 amide bonds. The van der Waals surface area contributed by atoms with E-state index in [2.05, 4.69) is 0 Å². The van der Waals surface area contributed by atoms with Crippen LogP contribution in [0.3, 0.4) is 0 Å². The number of fused-ring (bicyclic) bond motifs is 2. The molecule has 2 aromatic carbocycles. The molecule has 3 aliphatic rings. The quantitative estimate of drug-likeness (QED) is 0.463. The van der Waals surface area contributed by atoms with Crippen molar-refractivity contribution in [3.63, 3.8) is 0 Å². The van der Waals surface area contributed by atoms with Gasteiger partial charge in [0.25, 0.3) is 0 Å². The summed E-state index contributed by atoms with van der Waals surface area (Å²) in [5, 5.41) is 10.6. The highest BCUT2D eigenvalue weighted by Crippen LogP contribution is 2.67. The summed E-state index contributed by atoms with van der Waals surface area (Å²) < 4.78 is 26.9. The Balaban J connectivity index is 1.30.